The Kier molecular flexibility index (Phi) is 3.48. The van der Waals surface area contributed by atoms with Gasteiger partial charge in [-0.3, -0.25) is 10.1 Å². The topological polar surface area (TPSA) is 47.0 Å². The molecule has 0 fully saturated rings. The molecule has 0 amide bonds. The standard InChI is InChI=1S/C14H13N2O2/c1-12(15-9-5-2-6-10-15)11-13-7-3-4-8-14(13)16(17)18/h2-11H,1H3/q+1. The van der Waals surface area contributed by atoms with Crippen LogP contribution >= 0.6 is 0 Å². The third kappa shape index (κ3) is 2.60. The fourth-order valence-electron chi connectivity index (χ4n) is 1.71. The smallest absolute Gasteiger partial charge is 0.258 e. The Balaban J connectivity index is 2.42. The third-order valence-electron chi connectivity index (χ3n) is 2.62. The first-order valence-electron chi connectivity index (χ1n) is 5.57. The molecule has 1 aromatic carbocycles. The Bertz CT molecular complexity index is 592. The van der Waals surface area contributed by atoms with Crippen molar-refractivity contribution >= 4 is 17.5 Å². The Hall–Kier alpha value is -2.49. The Morgan fingerprint density at radius 1 is 1.17 bits per heavy atom. The highest BCUT2D eigenvalue weighted by atomic mass is 16.6. The van der Waals surface area contributed by atoms with E-state index in [-0.39, 0.29) is 10.6 Å². The summed E-state index contributed by atoms with van der Waals surface area (Å²) in [6, 6.07) is 12.5. The van der Waals surface area contributed by atoms with Crippen LogP contribution in [0.5, 0.6) is 0 Å². The summed E-state index contributed by atoms with van der Waals surface area (Å²) >= 11 is 0. The molecule has 0 saturated carbocycles. The zero-order valence-corrected chi connectivity index (χ0v) is 9.98. The van der Waals surface area contributed by atoms with E-state index in [0.717, 1.165) is 5.70 Å². The lowest BCUT2D eigenvalue weighted by Crippen LogP contribution is -2.29. The first-order chi connectivity index (χ1) is 8.68. The predicted octanol–water partition coefficient (Wildman–Crippen LogP) is 2.90. The van der Waals surface area contributed by atoms with Crippen LogP contribution < -0.4 is 4.57 Å². The lowest BCUT2D eigenvalue weighted by molar-refractivity contribution is -0.580. The van der Waals surface area contributed by atoms with Gasteiger partial charge in [-0.15, -0.1) is 0 Å². The fraction of sp³-hybridized carbons (Fsp3) is 0.0714. The summed E-state index contributed by atoms with van der Waals surface area (Å²) in [5.41, 5.74) is 1.65. The Labute approximate surface area is 105 Å². The molecule has 4 heteroatoms. The van der Waals surface area contributed by atoms with E-state index in [1.807, 2.05) is 42.1 Å². The van der Waals surface area contributed by atoms with E-state index in [1.54, 1.807) is 24.3 Å². The van der Waals surface area contributed by atoms with Crippen LogP contribution in [0.4, 0.5) is 5.69 Å². The van der Waals surface area contributed by atoms with Gasteiger partial charge in [-0.25, -0.2) is 0 Å². The lowest BCUT2D eigenvalue weighted by atomic mass is 10.1. The fourth-order valence-corrected chi connectivity index (χ4v) is 1.71. The molecule has 0 atom stereocenters. The molecule has 0 N–H and O–H groups in total. The quantitative estimate of drug-likeness (QED) is 0.471. The van der Waals surface area contributed by atoms with Crippen LogP contribution in [0, 0.1) is 10.1 Å². The molecule has 4 nitrogen and oxygen atoms in total. The van der Waals surface area contributed by atoms with E-state index in [9.17, 15) is 10.1 Å². The Morgan fingerprint density at radius 3 is 2.50 bits per heavy atom. The monoisotopic (exact) mass is 241 g/mol. The summed E-state index contributed by atoms with van der Waals surface area (Å²) in [5.74, 6) is 0. The van der Waals surface area contributed by atoms with Gasteiger partial charge in [0.1, 0.15) is 0 Å². The van der Waals surface area contributed by atoms with Crippen LogP contribution in [0.15, 0.2) is 54.9 Å². The highest BCUT2D eigenvalue weighted by molar-refractivity contribution is 5.70. The van der Waals surface area contributed by atoms with Gasteiger partial charge in [-0.1, -0.05) is 18.2 Å². The zero-order valence-electron chi connectivity index (χ0n) is 9.98. The Morgan fingerprint density at radius 2 is 1.83 bits per heavy atom. The molecule has 0 radical (unpaired) electrons. The van der Waals surface area contributed by atoms with Crippen molar-refractivity contribution in [2.45, 2.75) is 6.92 Å². The van der Waals surface area contributed by atoms with Crippen molar-refractivity contribution in [2.75, 3.05) is 0 Å². The molecule has 90 valence electrons. The molecule has 1 aromatic heterocycles. The number of para-hydroxylation sites is 1. The van der Waals surface area contributed by atoms with Gasteiger partial charge in [0.25, 0.3) is 5.69 Å². The number of rotatable bonds is 3. The van der Waals surface area contributed by atoms with Gasteiger partial charge in [0.15, 0.2) is 18.1 Å². The third-order valence-corrected chi connectivity index (χ3v) is 2.62. The van der Waals surface area contributed by atoms with Gasteiger partial charge in [0.2, 0.25) is 0 Å². The molecule has 0 aliphatic carbocycles. The molecule has 0 unspecified atom stereocenters. The summed E-state index contributed by atoms with van der Waals surface area (Å²) in [4.78, 5) is 10.5. The van der Waals surface area contributed by atoms with Crippen molar-refractivity contribution in [3.05, 3.63) is 70.5 Å². The first-order valence-corrected chi connectivity index (χ1v) is 5.57. The largest absolute Gasteiger partial charge is 0.276 e. The van der Waals surface area contributed by atoms with Crippen molar-refractivity contribution in [2.24, 2.45) is 0 Å². The molecule has 0 bridgehead atoms. The number of pyridine rings is 1. The van der Waals surface area contributed by atoms with E-state index in [1.165, 1.54) is 6.07 Å². The summed E-state index contributed by atoms with van der Waals surface area (Å²) < 4.78 is 1.91. The number of hydrogen-bond donors (Lipinski definition) is 0. The number of hydrogen-bond acceptors (Lipinski definition) is 2. The minimum absolute atomic E-state index is 0.119. The van der Waals surface area contributed by atoms with Gasteiger partial charge in [-0.05, 0) is 6.07 Å². The van der Waals surface area contributed by atoms with Gasteiger partial charge in [0, 0.05) is 31.2 Å². The maximum absolute atomic E-state index is 10.9. The first kappa shape index (κ1) is 12.0. The highest BCUT2D eigenvalue weighted by Crippen LogP contribution is 2.20. The molecule has 0 aliphatic rings. The molecule has 1 heterocycles. The zero-order chi connectivity index (χ0) is 13.0. The van der Waals surface area contributed by atoms with E-state index < -0.39 is 0 Å². The van der Waals surface area contributed by atoms with Crippen molar-refractivity contribution in [1.82, 2.24) is 0 Å². The number of benzene rings is 1. The lowest BCUT2D eigenvalue weighted by Gasteiger charge is -1.98. The van der Waals surface area contributed by atoms with E-state index in [4.69, 9.17) is 0 Å². The molecule has 18 heavy (non-hydrogen) atoms. The number of nitro benzene ring substituents is 1. The highest BCUT2D eigenvalue weighted by Gasteiger charge is 2.12. The average molecular weight is 241 g/mol. The summed E-state index contributed by atoms with van der Waals surface area (Å²) in [7, 11) is 0. The predicted molar refractivity (Wildman–Crippen MR) is 69.6 cm³/mol. The van der Waals surface area contributed by atoms with Crippen molar-refractivity contribution in [1.29, 1.82) is 0 Å². The molecule has 0 spiro atoms. The molecule has 2 rings (SSSR count). The van der Waals surface area contributed by atoms with E-state index in [2.05, 4.69) is 0 Å². The number of allylic oxidation sites excluding steroid dienone is 1. The van der Waals surface area contributed by atoms with E-state index in [0.29, 0.717) is 5.56 Å². The summed E-state index contributed by atoms with van der Waals surface area (Å²) in [6.45, 7) is 1.91. The molecule has 2 aromatic rings. The van der Waals surface area contributed by atoms with Crippen LogP contribution in [-0.2, 0) is 0 Å². The maximum atomic E-state index is 10.9. The second kappa shape index (κ2) is 5.23. The molecule has 0 aliphatic heterocycles. The van der Waals surface area contributed by atoms with Crippen LogP contribution in [0.1, 0.15) is 12.5 Å². The van der Waals surface area contributed by atoms with E-state index >= 15 is 0 Å². The normalized spacial score (nSPS) is 11.3. The van der Waals surface area contributed by atoms with Gasteiger partial charge < -0.3 is 0 Å². The second-order valence-electron chi connectivity index (χ2n) is 3.88. The molecular formula is C14H13N2O2+. The molecule has 0 saturated heterocycles. The minimum atomic E-state index is -0.366. The summed E-state index contributed by atoms with van der Waals surface area (Å²) in [6.07, 6.45) is 5.61. The van der Waals surface area contributed by atoms with Crippen LogP contribution in [0.3, 0.4) is 0 Å². The number of aromatic nitrogens is 1. The SMILES string of the molecule is CC(=Cc1ccccc1[N+](=O)[O-])[n+]1ccccc1. The van der Waals surface area contributed by atoms with Crippen molar-refractivity contribution < 1.29 is 9.49 Å². The van der Waals surface area contributed by atoms with Crippen LogP contribution in [0.2, 0.25) is 0 Å². The number of nitrogens with zero attached hydrogens (tertiary/aromatic N) is 2. The van der Waals surface area contributed by atoms with Crippen LogP contribution in [0.25, 0.3) is 11.8 Å². The van der Waals surface area contributed by atoms with Gasteiger partial charge in [0.05, 0.1) is 10.5 Å². The molecular weight excluding hydrogens is 228 g/mol. The van der Waals surface area contributed by atoms with Crippen molar-refractivity contribution in [3.8, 4) is 0 Å². The average Bonchev–Trinajstić information content (AvgIpc) is 2.40. The van der Waals surface area contributed by atoms with Crippen LogP contribution in [-0.4, -0.2) is 4.92 Å². The maximum Gasteiger partial charge on any atom is 0.276 e. The summed E-state index contributed by atoms with van der Waals surface area (Å²) in [5, 5.41) is 10.9. The van der Waals surface area contributed by atoms with Gasteiger partial charge >= 0.3 is 0 Å². The van der Waals surface area contributed by atoms with Crippen molar-refractivity contribution in [3.63, 3.8) is 0 Å². The number of nitro groups is 1. The second-order valence-corrected chi connectivity index (χ2v) is 3.88. The van der Waals surface area contributed by atoms with Gasteiger partial charge in [-0.2, -0.15) is 4.57 Å². The minimum Gasteiger partial charge on any atom is -0.258 e.